The molecule has 27 heavy (non-hydrogen) atoms. The monoisotopic (exact) mass is 443 g/mol. The highest BCUT2D eigenvalue weighted by molar-refractivity contribution is 9.10. The van der Waals surface area contributed by atoms with Crippen LogP contribution in [0, 0.1) is 6.92 Å². The number of ether oxygens (including phenoxy) is 1. The number of aliphatic imine (C=N–C) groups is 1. The summed E-state index contributed by atoms with van der Waals surface area (Å²) in [6.07, 6.45) is 1.49. The van der Waals surface area contributed by atoms with Crippen LogP contribution in [0.5, 0.6) is 11.5 Å². The Balaban J connectivity index is 1.86. The summed E-state index contributed by atoms with van der Waals surface area (Å²) in [5.74, 6) is -0.668. The number of phenols is 1. The first kappa shape index (κ1) is 19.1. The molecule has 3 aromatic rings. The summed E-state index contributed by atoms with van der Waals surface area (Å²) in [5, 5.41) is 11.1. The Labute approximate surface area is 170 Å². The van der Waals surface area contributed by atoms with Crippen molar-refractivity contribution in [2.24, 2.45) is 4.99 Å². The number of hydrogen-bond donors (Lipinski definition) is 1. The van der Waals surface area contributed by atoms with Crippen LogP contribution in [0.4, 0.5) is 5.69 Å². The van der Waals surface area contributed by atoms with Crippen molar-refractivity contribution in [2.45, 2.75) is 6.92 Å². The van der Waals surface area contributed by atoms with Crippen molar-refractivity contribution in [1.82, 2.24) is 0 Å². The molecule has 0 saturated heterocycles. The molecule has 0 spiro atoms. The maximum Gasteiger partial charge on any atom is 0.343 e. The number of carbonyl (C=O) groups is 1. The molecule has 0 amide bonds. The van der Waals surface area contributed by atoms with E-state index in [-0.39, 0.29) is 11.5 Å². The lowest BCUT2D eigenvalue weighted by molar-refractivity contribution is 0.0729. The quantitative estimate of drug-likeness (QED) is 0.301. The zero-order chi connectivity index (χ0) is 19.4. The number of carbonyl (C=O) groups excluding carboxylic acids is 1. The maximum absolute atomic E-state index is 12.4. The lowest BCUT2D eigenvalue weighted by Crippen LogP contribution is -2.09. The predicted octanol–water partition coefficient (Wildman–Crippen LogP) is 6.09. The van der Waals surface area contributed by atoms with Gasteiger partial charge in [-0.2, -0.15) is 0 Å². The van der Waals surface area contributed by atoms with Gasteiger partial charge in [-0.05, 0) is 55.5 Å². The van der Waals surface area contributed by atoms with E-state index in [9.17, 15) is 9.90 Å². The Kier molecular flexibility index (Phi) is 5.94. The topological polar surface area (TPSA) is 58.9 Å². The molecular formula is C21H15BrClNO3. The minimum atomic E-state index is -0.548. The van der Waals surface area contributed by atoms with E-state index >= 15 is 0 Å². The number of phenolic OH excluding ortho intramolecular Hbond substituents is 1. The first-order valence-corrected chi connectivity index (χ1v) is 9.20. The first-order valence-electron chi connectivity index (χ1n) is 8.03. The number of aryl methyl sites for hydroxylation is 1. The third-order valence-electron chi connectivity index (χ3n) is 3.70. The van der Waals surface area contributed by atoms with Gasteiger partial charge in [-0.25, -0.2) is 4.79 Å². The molecule has 0 aliphatic carbocycles. The van der Waals surface area contributed by atoms with Crippen LogP contribution in [0.25, 0.3) is 0 Å². The minimum Gasteiger partial charge on any atom is -0.504 e. The molecule has 0 atom stereocenters. The average Bonchev–Trinajstić information content (AvgIpc) is 2.64. The van der Waals surface area contributed by atoms with Crippen molar-refractivity contribution in [1.29, 1.82) is 0 Å². The van der Waals surface area contributed by atoms with Gasteiger partial charge in [0.1, 0.15) is 0 Å². The summed E-state index contributed by atoms with van der Waals surface area (Å²) in [4.78, 5) is 16.7. The number of hydrogen-bond acceptors (Lipinski definition) is 4. The van der Waals surface area contributed by atoms with Gasteiger partial charge in [-0.1, -0.05) is 45.2 Å². The summed E-state index contributed by atoms with van der Waals surface area (Å²) < 4.78 is 6.02. The highest BCUT2D eigenvalue weighted by atomic mass is 79.9. The maximum atomic E-state index is 12.4. The Morgan fingerprint density at radius 3 is 2.59 bits per heavy atom. The fourth-order valence-electron chi connectivity index (χ4n) is 2.37. The summed E-state index contributed by atoms with van der Waals surface area (Å²) in [6, 6.07) is 17.2. The van der Waals surface area contributed by atoms with E-state index in [4.69, 9.17) is 16.3 Å². The van der Waals surface area contributed by atoms with Gasteiger partial charge in [0.05, 0.1) is 11.3 Å². The second kappa shape index (κ2) is 8.37. The molecule has 0 aliphatic heterocycles. The van der Waals surface area contributed by atoms with Crippen molar-refractivity contribution < 1.29 is 14.6 Å². The van der Waals surface area contributed by atoms with Gasteiger partial charge in [-0.3, -0.25) is 4.99 Å². The molecule has 1 N–H and O–H groups in total. The Bertz CT molecular complexity index is 1020. The van der Waals surface area contributed by atoms with E-state index in [1.165, 1.54) is 12.3 Å². The van der Waals surface area contributed by atoms with Crippen LogP contribution in [0.15, 0.2) is 70.1 Å². The van der Waals surface area contributed by atoms with Gasteiger partial charge >= 0.3 is 5.97 Å². The third kappa shape index (κ3) is 4.96. The molecule has 0 unspecified atom stereocenters. The molecule has 0 bridgehead atoms. The van der Waals surface area contributed by atoms with Crippen molar-refractivity contribution in [3.05, 3.63) is 86.8 Å². The standard InChI is InChI=1S/C21H15BrClNO3/c1-13-3-2-4-14(9-13)21(26)27-19-11-16(22)10-15(20(19)25)12-24-18-7-5-17(23)6-8-18/h2-12,25H,1H3. The Hall–Kier alpha value is -2.63. The van der Waals surface area contributed by atoms with E-state index in [2.05, 4.69) is 20.9 Å². The molecule has 0 radical (unpaired) electrons. The third-order valence-corrected chi connectivity index (χ3v) is 4.41. The summed E-state index contributed by atoms with van der Waals surface area (Å²) >= 11 is 9.22. The van der Waals surface area contributed by atoms with Crippen molar-refractivity contribution in [2.75, 3.05) is 0 Å². The van der Waals surface area contributed by atoms with E-state index in [0.717, 1.165) is 5.56 Å². The zero-order valence-electron chi connectivity index (χ0n) is 14.3. The van der Waals surface area contributed by atoms with Crippen molar-refractivity contribution in [3.63, 3.8) is 0 Å². The van der Waals surface area contributed by atoms with Crippen LogP contribution < -0.4 is 4.74 Å². The average molecular weight is 445 g/mol. The molecule has 4 nitrogen and oxygen atoms in total. The van der Waals surface area contributed by atoms with E-state index in [1.807, 2.05) is 13.0 Å². The predicted molar refractivity (Wildman–Crippen MR) is 111 cm³/mol. The summed E-state index contributed by atoms with van der Waals surface area (Å²) in [6.45, 7) is 1.89. The van der Waals surface area contributed by atoms with Crippen LogP contribution in [0.3, 0.4) is 0 Å². The van der Waals surface area contributed by atoms with Gasteiger partial charge in [0.15, 0.2) is 11.5 Å². The zero-order valence-corrected chi connectivity index (χ0v) is 16.7. The normalized spacial score (nSPS) is 10.9. The Morgan fingerprint density at radius 2 is 1.89 bits per heavy atom. The molecule has 0 heterocycles. The molecule has 0 fully saturated rings. The fourth-order valence-corrected chi connectivity index (χ4v) is 2.95. The van der Waals surface area contributed by atoms with Gasteiger partial charge in [0, 0.05) is 21.3 Å². The molecule has 6 heteroatoms. The van der Waals surface area contributed by atoms with E-state index in [1.54, 1.807) is 48.5 Å². The number of nitrogens with zero attached hydrogens (tertiary/aromatic N) is 1. The SMILES string of the molecule is Cc1cccc(C(=O)Oc2cc(Br)cc(C=Nc3ccc(Cl)cc3)c2O)c1. The van der Waals surface area contributed by atoms with E-state index < -0.39 is 5.97 Å². The highest BCUT2D eigenvalue weighted by Crippen LogP contribution is 2.34. The molecule has 0 aromatic heterocycles. The molecule has 0 saturated carbocycles. The van der Waals surface area contributed by atoms with Crippen LogP contribution in [-0.4, -0.2) is 17.3 Å². The number of esters is 1. The smallest absolute Gasteiger partial charge is 0.343 e. The molecule has 136 valence electrons. The van der Waals surface area contributed by atoms with Gasteiger partial charge in [0.25, 0.3) is 0 Å². The molecule has 3 rings (SSSR count). The molecule has 0 aliphatic rings. The van der Waals surface area contributed by atoms with Crippen LogP contribution in [0.1, 0.15) is 21.5 Å². The van der Waals surface area contributed by atoms with Crippen molar-refractivity contribution >= 4 is 45.4 Å². The lowest BCUT2D eigenvalue weighted by atomic mass is 10.1. The first-order chi connectivity index (χ1) is 12.9. The Morgan fingerprint density at radius 1 is 1.15 bits per heavy atom. The van der Waals surface area contributed by atoms with Gasteiger partial charge in [0.2, 0.25) is 0 Å². The number of aromatic hydroxyl groups is 1. The minimum absolute atomic E-state index is 0.0495. The van der Waals surface area contributed by atoms with Crippen molar-refractivity contribution in [3.8, 4) is 11.5 Å². The van der Waals surface area contributed by atoms with Crippen LogP contribution >= 0.6 is 27.5 Å². The molecule has 3 aromatic carbocycles. The second-order valence-electron chi connectivity index (χ2n) is 5.84. The largest absolute Gasteiger partial charge is 0.504 e. The van der Waals surface area contributed by atoms with Gasteiger partial charge < -0.3 is 9.84 Å². The second-order valence-corrected chi connectivity index (χ2v) is 7.19. The lowest BCUT2D eigenvalue weighted by Gasteiger charge is -2.09. The molecular weight excluding hydrogens is 430 g/mol. The van der Waals surface area contributed by atoms with E-state index in [0.29, 0.717) is 26.3 Å². The summed E-state index contributed by atoms with van der Waals surface area (Å²) in [5.41, 5.74) is 2.44. The number of halogens is 2. The van der Waals surface area contributed by atoms with Gasteiger partial charge in [-0.15, -0.1) is 0 Å². The highest BCUT2D eigenvalue weighted by Gasteiger charge is 2.15. The van der Waals surface area contributed by atoms with Crippen LogP contribution in [0.2, 0.25) is 5.02 Å². The van der Waals surface area contributed by atoms with Crippen LogP contribution in [-0.2, 0) is 0 Å². The number of benzene rings is 3. The number of rotatable bonds is 4. The summed E-state index contributed by atoms with van der Waals surface area (Å²) in [7, 11) is 0. The fraction of sp³-hybridized carbons (Fsp3) is 0.0476.